The molecule has 1 aromatic rings. The van der Waals surface area contributed by atoms with Gasteiger partial charge < -0.3 is 15.0 Å². The van der Waals surface area contributed by atoms with Crippen LogP contribution in [0.25, 0.3) is 0 Å². The van der Waals surface area contributed by atoms with Crippen LogP contribution in [0.15, 0.2) is 6.20 Å². The van der Waals surface area contributed by atoms with E-state index in [2.05, 4.69) is 27.1 Å². The van der Waals surface area contributed by atoms with Gasteiger partial charge in [0.1, 0.15) is 0 Å². The van der Waals surface area contributed by atoms with Crippen molar-refractivity contribution in [1.82, 2.24) is 15.3 Å². The van der Waals surface area contributed by atoms with Crippen LogP contribution in [0.3, 0.4) is 0 Å². The van der Waals surface area contributed by atoms with Crippen molar-refractivity contribution in [3.8, 4) is 0 Å². The van der Waals surface area contributed by atoms with Crippen LogP contribution < -0.4 is 10.2 Å². The number of hydrogen-bond acceptors (Lipinski definition) is 5. The summed E-state index contributed by atoms with van der Waals surface area (Å²) >= 11 is 0. The molecule has 19 heavy (non-hydrogen) atoms. The Hall–Kier alpha value is -1.20. The Morgan fingerprint density at radius 1 is 1.37 bits per heavy atom. The molecule has 1 saturated carbocycles. The van der Waals surface area contributed by atoms with Crippen LogP contribution in [0.1, 0.15) is 30.5 Å². The predicted octanol–water partition coefficient (Wildman–Crippen LogP) is 1.26. The van der Waals surface area contributed by atoms with Crippen LogP contribution in [0, 0.1) is 6.92 Å². The minimum atomic E-state index is 0.724. The van der Waals surface area contributed by atoms with Gasteiger partial charge in [0.15, 0.2) is 0 Å². The molecule has 104 valence electrons. The van der Waals surface area contributed by atoms with Crippen molar-refractivity contribution < 1.29 is 4.74 Å². The third-order valence-corrected chi connectivity index (χ3v) is 3.73. The summed E-state index contributed by atoms with van der Waals surface area (Å²) in [6.45, 7) is 6.45. The predicted molar refractivity (Wildman–Crippen MR) is 74.3 cm³/mol. The monoisotopic (exact) mass is 262 g/mol. The van der Waals surface area contributed by atoms with Crippen molar-refractivity contribution in [1.29, 1.82) is 0 Å². The van der Waals surface area contributed by atoms with E-state index in [1.165, 1.54) is 18.4 Å². The van der Waals surface area contributed by atoms with Gasteiger partial charge >= 0.3 is 0 Å². The van der Waals surface area contributed by atoms with E-state index in [1.807, 2.05) is 6.20 Å². The molecule has 0 amide bonds. The largest absolute Gasteiger partial charge is 0.380 e. The highest BCUT2D eigenvalue weighted by Gasteiger charge is 2.20. The van der Waals surface area contributed by atoms with Crippen molar-refractivity contribution >= 4 is 5.95 Å². The molecule has 3 rings (SSSR count). The molecule has 0 unspecified atom stereocenters. The molecule has 0 bridgehead atoms. The van der Waals surface area contributed by atoms with Gasteiger partial charge in [0.2, 0.25) is 5.95 Å². The molecular weight excluding hydrogens is 240 g/mol. The van der Waals surface area contributed by atoms with E-state index < -0.39 is 0 Å². The molecule has 2 aliphatic rings. The van der Waals surface area contributed by atoms with Crippen LogP contribution in [0.4, 0.5) is 5.95 Å². The molecule has 5 heteroatoms. The van der Waals surface area contributed by atoms with Crippen molar-refractivity contribution in [2.24, 2.45) is 0 Å². The Balaban J connectivity index is 1.66. The number of aryl methyl sites for hydroxylation is 1. The summed E-state index contributed by atoms with van der Waals surface area (Å²) in [5.74, 6) is 0.846. The van der Waals surface area contributed by atoms with E-state index in [0.717, 1.165) is 57.0 Å². The van der Waals surface area contributed by atoms with Crippen LogP contribution in [-0.2, 0) is 11.3 Å². The number of anilines is 1. The molecule has 0 spiro atoms. The first-order valence-corrected chi connectivity index (χ1v) is 7.21. The first-order valence-electron chi connectivity index (χ1n) is 7.21. The Morgan fingerprint density at radius 2 is 2.26 bits per heavy atom. The lowest BCUT2D eigenvalue weighted by Gasteiger charge is -2.20. The van der Waals surface area contributed by atoms with Gasteiger partial charge in [-0.1, -0.05) is 0 Å². The number of aromatic nitrogens is 2. The molecule has 1 N–H and O–H groups in total. The first kappa shape index (κ1) is 12.8. The van der Waals surface area contributed by atoms with Gasteiger partial charge in [-0.2, -0.15) is 0 Å². The van der Waals surface area contributed by atoms with Crippen LogP contribution in [0.2, 0.25) is 0 Å². The first-order chi connectivity index (χ1) is 9.33. The molecule has 1 aliphatic carbocycles. The minimum absolute atomic E-state index is 0.724. The summed E-state index contributed by atoms with van der Waals surface area (Å²) in [6, 6.07) is 0.724. The number of hydrogen-bond donors (Lipinski definition) is 1. The fourth-order valence-electron chi connectivity index (χ4n) is 2.29. The van der Waals surface area contributed by atoms with Gasteiger partial charge in [-0.3, -0.25) is 0 Å². The third-order valence-electron chi connectivity index (χ3n) is 3.73. The zero-order valence-electron chi connectivity index (χ0n) is 11.6. The molecule has 0 radical (unpaired) electrons. The van der Waals surface area contributed by atoms with Gasteiger partial charge in [-0.15, -0.1) is 0 Å². The molecule has 2 fully saturated rings. The Morgan fingerprint density at radius 3 is 3.05 bits per heavy atom. The van der Waals surface area contributed by atoms with E-state index in [1.54, 1.807) is 0 Å². The second kappa shape index (κ2) is 5.84. The van der Waals surface area contributed by atoms with Gasteiger partial charge in [-0.05, 0) is 26.2 Å². The van der Waals surface area contributed by atoms with Gasteiger partial charge in [-0.25, -0.2) is 9.97 Å². The quantitative estimate of drug-likeness (QED) is 0.885. The topological polar surface area (TPSA) is 50.3 Å². The van der Waals surface area contributed by atoms with Crippen molar-refractivity contribution in [2.75, 3.05) is 31.2 Å². The normalized spacial score (nSPS) is 20.4. The summed E-state index contributed by atoms with van der Waals surface area (Å²) < 4.78 is 5.46. The minimum Gasteiger partial charge on any atom is -0.380 e. The summed E-state index contributed by atoms with van der Waals surface area (Å²) in [7, 11) is 0. The zero-order chi connectivity index (χ0) is 13.1. The van der Waals surface area contributed by atoms with Crippen molar-refractivity contribution in [3.63, 3.8) is 0 Å². The highest BCUT2D eigenvalue weighted by atomic mass is 16.5. The van der Waals surface area contributed by atoms with Gasteiger partial charge in [0.25, 0.3) is 0 Å². The van der Waals surface area contributed by atoms with Crippen molar-refractivity contribution in [2.45, 2.75) is 38.8 Å². The van der Waals surface area contributed by atoms with Crippen LogP contribution in [0.5, 0.6) is 0 Å². The molecular formula is C14H22N4O. The number of rotatable bonds is 4. The van der Waals surface area contributed by atoms with Crippen molar-refractivity contribution in [3.05, 3.63) is 17.5 Å². The zero-order valence-corrected chi connectivity index (χ0v) is 11.6. The summed E-state index contributed by atoms with van der Waals surface area (Å²) in [5, 5.41) is 3.51. The number of ether oxygens (including phenoxy) is 1. The van der Waals surface area contributed by atoms with E-state index in [-0.39, 0.29) is 0 Å². The fourth-order valence-corrected chi connectivity index (χ4v) is 2.29. The molecule has 0 atom stereocenters. The maximum Gasteiger partial charge on any atom is 0.225 e. The van der Waals surface area contributed by atoms with E-state index >= 15 is 0 Å². The standard InChI is InChI=1S/C14H22N4O/c1-11-12(9-15-13-3-4-13)10-16-14(17-11)18-5-2-7-19-8-6-18/h10,13,15H,2-9H2,1H3. The molecule has 1 aliphatic heterocycles. The van der Waals surface area contributed by atoms with E-state index in [9.17, 15) is 0 Å². The lowest BCUT2D eigenvalue weighted by atomic mass is 10.2. The summed E-state index contributed by atoms with van der Waals surface area (Å²) in [5.41, 5.74) is 2.30. The second-order valence-corrected chi connectivity index (χ2v) is 5.39. The fraction of sp³-hybridized carbons (Fsp3) is 0.714. The second-order valence-electron chi connectivity index (χ2n) is 5.39. The molecule has 1 saturated heterocycles. The van der Waals surface area contributed by atoms with E-state index in [4.69, 9.17) is 4.74 Å². The maximum atomic E-state index is 5.46. The van der Waals surface area contributed by atoms with Crippen LogP contribution in [-0.4, -0.2) is 42.3 Å². The average molecular weight is 262 g/mol. The van der Waals surface area contributed by atoms with Crippen LogP contribution >= 0.6 is 0 Å². The maximum absolute atomic E-state index is 5.46. The number of nitrogens with one attached hydrogen (secondary N) is 1. The third kappa shape index (κ3) is 3.42. The number of nitrogens with zero attached hydrogens (tertiary/aromatic N) is 3. The molecule has 5 nitrogen and oxygen atoms in total. The molecule has 1 aromatic heterocycles. The average Bonchev–Trinajstić information content (AvgIpc) is 3.24. The molecule has 2 heterocycles. The Kier molecular flexibility index (Phi) is 3.94. The molecule has 0 aromatic carbocycles. The Labute approximate surface area is 114 Å². The van der Waals surface area contributed by atoms with Gasteiger partial charge in [0.05, 0.1) is 6.61 Å². The van der Waals surface area contributed by atoms with Gasteiger partial charge in [0, 0.05) is 49.7 Å². The van der Waals surface area contributed by atoms with E-state index in [0.29, 0.717) is 0 Å². The summed E-state index contributed by atoms with van der Waals surface area (Å²) in [4.78, 5) is 11.4. The highest BCUT2D eigenvalue weighted by Crippen LogP contribution is 2.20. The lowest BCUT2D eigenvalue weighted by Crippen LogP contribution is -2.28. The summed E-state index contributed by atoms with van der Waals surface area (Å²) in [6.07, 6.45) is 5.64. The lowest BCUT2D eigenvalue weighted by molar-refractivity contribution is 0.152. The Bertz CT molecular complexity index is 425. The highest BCUT2D eigenvalue weighted by molar-refractivity contribution is 5.33. The smallest absolute Gasteiger partial charge is 0.225 e. The SMILES string of the molecule is Cc1nc(N2CCCOCC2)ncc1CNC1CC1.